The number of nitrogens with zero attached hydrogens (tertiary/aromatic N) is 2. The van der Waals surface area contributed by atoms with Gasteiger partial charge in [-0.25, -0.2) is 4.79 Å². The predicted molar refractivity (Wildman–Crippen MR) is 92.2 cm³/mol. The summed E-state index contributed by atoms with van der Waals surface area (Å²) in [5, 5.41) is 13.5. The van der Waals surface area contributed by atoms with Crippen LogP contribution >= 0.6 is 23.1 Å². The van der Waals surface area contributed by atoms with Crippen LogP contribution in [0.2, 0.25) is 0 Å². The molecule has 0 bridgehead atoms. The molecule has 7 nitrogen and oxygen atoms in total. The van der Waals surface area contributed by atoms with Crippen LogP contribution in [0, 0.1) is 13.8 Å². The number of anilines is 2. The molecule has 0 saturated carbocycles. The summed E-state index contributed by atoms with van der Waals surface area (Å²) in [6.45, 7) is 5.74. The van der Waals surface area contributed by atoms with Gasteiger partial charge in [-0.15, -0.1) is 10.2 Å². The van der Waals surface area contributed by atoms with E-state index in [9.17, 15) is 9.59 Å². The first-order valence-corrected chi connectivity index (χ1v) is 8.50. The molecule has 4 N–H and O–H groups in total. The number of thioether (sulfide) groups is 1. The largest absolute Gasteiger partial charge is 0.351 e. The van der Waals surface area contributed by atoms with Crippen LogP contribution in [0.3, 0.4) is 0 Å². The van der Waals surface area contributed by atoms with Gasteiger partial charge in [-0.2, -0.15) is 0 Å². The van der Waals surface area contributed by atoms with Crippen LogP contribution in [0.4, 0.5) is 15.6 Å². The van der Waals surface area contributed by atoms with Crippen molar-refractivity contribution in [2.75, 3.05) is 5.32 Å². The van der Waals surface area contributed by atoms with Crippen molar-refractivity contribution in [2.45, 2.75) is 30.4 Å². The SMILES string of the molecule is Cc1cccc(Nc2nnc(S[C@@H](C)C(=O)NC(N)=O)s2)c1C. The van der Waals surface area contributed by atoms with Crippen molar-refractivity contribution in [3.8, 4) is 0 Å². The summed E-state index contributed by atoms with van der Waals surface area (Å²) < 4.78 is 0.630. The molecule has 2 aromatic rings. The molecule has 0 aliphatic heterocycles. The number of imide groups is 1. The molecule has 0 unspecified atom stereocenters. The number of carbonyl (C=O) groups is 2. The fourth-order valence-corrected chi connectivity index (χ4v) is 3.65. The van der Waals surface area contributed by atoms with Crippen LogP contribution in [0.5, 0.6) is 0 Å². The number of carbonyl (C=O) groups excluding carboxylic acids is 2. The first kappa shape index (κ1) is 17.2. The summed E-state index contributed by atoms with van der Waals surface area (Å²) in [6, 6.07) is 5.12. The minimum atomic E-state index is -0.864. The minimum absolute atomic E-state index is 0.457. The molecule has 9 heteroatoms. The Balaban J connectivity index is 2.02. The molecule has 1 aromatic carbocycles. The monoisotopic (exact) mass is 351 g/mol. The van der Waals surface area contributed by atoms with E-state index in [1.165, 1.54) is 28.7 Å². The van der Waals surface area contributed by atoms with Crippen LogP contribution in [-0.4, -0.2) is 27.4 Å². The van der Waals surface area contributed by atoms with Crippen molar-refractivity contribution in [1.29, 1.82) is 0 Å². The number of aromatic nitrogens is 2. The van der Waals surface area contributed by atoms with Crippen LogP contribution < -0.4 is 16.4 Å². The Hall–Kier alpha value is -2.13. The summed E-state index contributed by atoms with van der Waals surface area (Å²) in [7, 11) is 0. The second kappa shape index (κ2) is 7.42. The number of primary amides is 1. The lowest BCUT2D eigenvalue weighted by Gasteiger charge is -2.08. The predicted octanol–water partition coefficient (Wildman–Crippen LogP) is 2.57. The van der Waals surface area contributed by atoms with E-state index >= 15 is 0 Å². The standard InChI is InChI=1S/C14H17N5O2S2/c1-7-5-4-6-10(8(7)2)16-13-18-19-14(23-13)22-9(3)11(20)17-12(15)21/h4-6,9H,1-3H3,(H,16,18)(H3,15,17,20,21)/t9-/m0/s1. The lowest BCUT2D eigenvalue weighted by molar-refractivity contribution is -0.119. The number of rotatable bonds is 5. The van der Waals surface area contributed by atoms with Crippen molar-refractivity contribution in [1.82, 2.24) is 15.5 Å². The van der Waals surface area contributed by atoms with E-state index in [0.717, 1.165) is 11.3 Å². The zero-order valence-electron chi connectivity index (χ0n) is 12.9. The number of nitrogens with one attached hydrogen (secondary N) is 2. The van der Waals surface area contributed by atoms with E-state index in [0.29, 0.717) is 9.47 Å². The van der Waals surface area contributed by atoms with Gasteiger partial charge in [0.1, 0.15) is 0 Å². The molecule has 3 amide bonds. The number of hydrogen-bond acceptors (Lipinski definition) is 7. The number of benzene rings is 1. The van der Waals surface area contributed by atoms with Gasteiger partial charge in [0.15, 0.2) is 4.34 Å². The molecule has 23 heavy (non-hydrogen) atoms. The smallest absolute Gasteiger partial charge is 0.318 e. The van der Waals surface area contributed by atoms with Crippen molar-refractivity contribution < 1.29 is 9.59 Å². The Morgan fingerprint density at radius 3 is 2.74 bits per heavy atom. The number of urea groups is 1. The number of nitrogens with two attached hydrogens (primary N) is 1. The van der Waals surface area contributed by atoms with E-state index in [1.807, 2.05) is 37.4 Å². The lowest BCUT2D eigenvalue weighted by atomic mass is 10.1. The quantitative estimate of drug-likeness (QED) is 0.714. The average Bonchev–Trinajstić information content (AvgIpc) is 2.90. The van der Waals surface area contributed by atoms with Crippen LogP contribution in [0.1, 0.15) is 18.1 Å². The molecule has 0 aliphatic carbocycles. The summed E-state index contributed by atoms with van der Waals surface area (Å²) >= 11 is 2.56. The molecule has 122 valence electrons. The Bertz CT molecular complexity index is 732. The summed E-state index contributed by atoms with van der Waals surface area (Å²) in [4.78, 5) is 22.3. The number of amides is 3. The highest BCUT2D eigenvalue weighted by molar-refractivity contribution is 8.02. The summed E-state index contributed by atoms with van der Waals surface area (Å²) in [6.07, 6.45) is 0. The third-order valence-electron chi connectivity index (χ3n) is 3.15. The molecule has 0 saturated heterocycles. The maximum absolute atomic E-state index is 11.6. The van der Waals surface area contributed by atoms with E-state index in [4.69, 9.17) is 5.73 Å². The fraction of sp³-hybridized carbons (Fsp3) is 0.286. The summed E-state index contributed by atoms with van der Waals surface area (Å²) in [5.41, 5.74) is 8.23. The molecule has 1 atom stereocenters. The van der Waals surface area contributed by atoms with Crippen LogP contribution in [0.25, 0.3) is 0 Å². The molecular weight excluding hydrogens is 334 g/mol. The zero-order chi connectivity index (χ0) is 17.0. The second-order valence-corrected chi connectivity index (χ2v) is 7.42. The Kier molecular flexibility index (Phi) is 5.56. The molecular formula is C14H17N5O2S2. The third kappa shape index (κ3) is 4.67. The van der Waals surface area contributed by atoms with E-state index in [2.05, 4.69) is 15.5 Å². The number of aryl methyl sites for hydroxylation is 1. The van der Waals surface area contributed by atoms with Crippen LogP contribution in [-0.2, 0) is 4.79 Å². The van der Waals surface area contributed by atoms with Crippen molar-refractivity contribution in [3.05, 3.63) is 29.3 Å². The first-order valence-electron chi connectivity index (χ1n) is 6.80. The van der Waals surface area contributed by atoms with Gasteiger partial charge < -0.3 is 11.1 Å². The topological polar surface area (TPSA) is 110 Å². The van der Waals surface area contributed by atoms with Gasteiger partial charge in [0.2, 0.25) is 11.0 Å². The first-order chi connectivity index (χ1) is 10.9. The second-order valence-electron chi connectivity index (χ2n) is 4.86. The normalized spacial score (nSPS) is 11.8. The van der Waals surface area contributed by atoms with Crippen molar-refractivity contribution in [2.24, 2.45) is 5.73 Å². The Morgan fingerprint density at radius 1 is 1.30 bits per heavy atom. The fourth-order valence-electron chi connectivity index (χ4n) is 1.74. The average molecular weight is 351 g/mol. The van der Waals surface area contributed by atoms with Gasteiger partial charge in [0, 0.05) is 5.69 Å². The molecule has 0 spiro atoms. The number of hydrogen-bond donors (Lipinski definition) is 3. The van der Waals surface area contributed by atoms with Crippen LogP contribution in [0.15, 0.2) is 22.5 Å². The highest BCUT2D eigenvalue weighted by atomic mass is 32.2. The highest BCUT2D eigenvalue weighted by Gasteiger charge is 2.18. The van der Waals surface area contributed by atoms with Gasteiger partial charge in [-0.05, 0) is 38.0 Å². The van der Waals surface area contributed by atoms with E-state index in [-0.39, 0.29) is 0 Å². The third-order valence-corrected chi connectivity index (χ3v) is 5.17. The van der Waals surface area contributed by atoms with Gasteiger partial charge in [0.25, 0.3) is 0 Å². The molecule has 1 heterocycles. The maximum Gasteiger partial charge on any atom is 0.318 e. The Morgan fingerprint density at radius 2 is 2.04 bits per heavy atom. The molecule has 2 rings (SSSR count). The molecule has 0 aliphatic rings. The lowest BCUT2D eigenvalue weighted by Crippen LogP contribution is -2.39. The van der Waals surface area contributed by atoms with Crippen molar-refractivity contribution >= 4 is 45.9 Å². The zero-order valence-corrected chi connectivity index (χ0v) is 14.5. The Labute approximate surface area is 142 Å². The molecule has 1 aromatic heterocycles. The van der Waals surface area contributed by atoms with Gasteiger partial charge in [0.05, 0.1) is 5.25 Å². The van der Waals surface area contributed by atoms with Crippen molar-refractivity contribution in [3.63, 3.8) is 0 Å². The molecule has 0 fully saturated rings. The van der Waals surface area contributed by atoms with Gasteiger partial charge >= 0.3 is 6.03 Å². The highest BCUT2D eigenvalue weighted by Crippen LogP contribution is 2.31. The summed E-state index contributed by atoms with van der Waals surface area (Å²) in [5.74, 6) is -0.457. The van der Waals surface area contributed by atoms with Gasteiger partial charge in [-0.3, -0.25) is 10.1 Å². The van der Waals surface area contributed by atoms with E-state index < -0.39 is 17.2 Å². The molecule has 0 radical (unpaired) electrons. The minimum Gasteiger partial charge on any atom is -0.351 e. The van der Waals surface area contributed by atoms with E-state index in [1.54, 1.807) is 6.92 Å². The maximum atomic E-state index is 11.6. The van der Waals surface area contributed by atoms with Gasteiger partial charge in [-0.1, -0.05) is 35.2 Å².